The summed E-state index contributed by atoms with van der Waals surface area (Å²) in [4.78, 5) is 53.4. The molecule has 0 bridgehead atoms. The fourth-order valence-corrected chi connectivity index (χ4v) is 5.17. The van der Waals surface area contributed by atoms with E-state index in [1.807, 2.05) is 18.2 Å². The number of anilines is 2. The molecule has 1 unspecified atom stereocenters. The quantitative estimate of drug-likeness (QED) is 0.388. The first-order chi connectivity index (χ1) is 17.9. The van der Waals surface area contributed by atoms with Crippen LogP contribution in [0.25, 0.3) is 16.5 Å². The molecule has 1 saturated heterocycles. The minimum Gasteiger partial charge on any atom is -0.461 e. The number of para-hydroxylation sites is 2. The van der Waals surface area contributed by atoms with Crippen LogP contribution in [-0.4, -0.2) is 40.7 Å². The van der Waals surface area contributed by atoms with Crippen LogP contribution in [0.2, 0.25) is 0 Å². The number of amides is 2. The third kappa shape index (κ3) is 4.49. The molecule has 1 fully saturated rings. The summed E-state index contributed by atoms with van der Waals surface area (Å²) in [7, 11) is 0. The topological polar surface area (TPSA) is 111 Å². The normalized spacial score (nSPS) is 15.2. The summed E-state index contributed by atoms with van der Waals surface area (Å²) >= 11 is 1.03. The maximum Gasteiger partial charge on any atom is 0.359 e. The van der Waals surface area contributed by atoms with Crippen molar-refractivity contribution in [2.45, 2.75) is 13.3 Å². The van der Waals surface area contributed by atoms with Gasteiger partial charge in [0.25, 0.3) is 5.56 Å². The molecule has 0 spiro atoms. The smallest absolute Gasteiger partial charge is 0.359 e. The van der Waals surface area contributed by atoms with Crippen LogP contribution in [0.5, 0.6) is 0 Å². The number of rotatable bonds is 6. The summed E-state index contributed by atoms with van der Waals surface area (Å²) in [6, 6.07) is 14.6. The molecule has 1 aliphatic heterocycles. The molecule has 4 aromatic rings. The molecule has 5 rings (SSSR count). The lowest BCUT2D eigenvalue weighted by Gasteiger charge is -2.16. The number of thiophene rings is 1. The van der Waals surface area contributed by atoms with Gasteiger partial charge in [0, 0.05) is 29.4 Å². The zero-order chi connectivity index (χ0) is 26.1. The standard InChI is InChI=1S/C26H21FN4O5S/c1-2-36-26(35)22-17-14-37-24(21(17)25(34)31(29-22)19-11-7-6-10-18(19)27)28-23(33)15-12-20(32)30(13-15)16-8-4-3-5-9-16/h3-11,14-15H,2,12-13H2,1H3,(H,28,33). The number of esters is 1. The summed E-state index contributed by atoms with van der Waals surface area (Å²) in [5.74, 6) is -2.77. The largest absolute Gasteiger partial charge is 0.461 e. The second kappa shape index (κ2) is 9.94. The average molecular weight is 521 g/mol. The van der Waals surface area contributed by atoms with E-state index >= 15 is 0 Å². The Balaban J connectivity index is 1.53. The first kappa shape index (κ1) is 24.3. The van der Waals surface area contributed by atoms with Crippen LogP contribution in [0.4, 0.5) is 15.1 Å². The second-order valence-electron chi connectivity index (χ2n) is 8.32. The molecule has 0 radical (unpaired) electrons. The third-order valence-electron chi connectivity index (χ3n) is 6.00. The van der Waals surface area contributed by atoms with Gasteiger partial charge in [0.1, 0.15) is 16.5 Å². The molecular weight excluding hydrogens is 499 g/mol. The molecule has 9 nitrogen and oxygen atoms in total. The van der Waals surface area contributed by atoms with Gasteiger partial charge in [-0.3, -0.25) is 14.4 Å². The highest BCUT2D eigenvalue weighted by Gasteiger charge is 2.36. The van der Waals surface area contributed by atoms with E-state index in [1.165, 1.54) is 29.6 Å². The summed E-state index contributed by atoms with van der Waals surface area (Å²) < 4.78 is 20.5. The molecule has 188 valence electrons. The predicted molar refractivity (Wildman–Crippen MR) is 137 cm³/mol. The Morgan fingerprint density at radius 3 is 2.59 bits per heavy atom. The van der Waals surface area contributed by atoms with E-state index in [9.17, 15) is 23.6 Å². The van der Waals surface area contributed by atoms with Gasteiger partial charge in [-0.05, 0) is 31.2 Å². The van der Waals surface area contributed by atoms with Crippen LogP contribution >= 0.6 is 11.3 Å². The zero-order valence-electron chi connectivity index (χ0n) is 19.6. The Kier molecular flexibility index (Phi) is 6.53. The highest BCUT2D eigenvalue weighted by molar-refractivity contribution is 7.16. The number of hydrogen-bond acceptors (Lipinski definition) is 7. The molecular formula is C26H21FN4O5S. The van der Waals surface area contributed by atoms with Gasteiger partial charge in [0.05, 0.1) is 17.9 Å². The maximum atomic E-state index is 14.6. The van der Waals surface area contributed by atoms with Gasteiger partial charge in [0.2, 0.25) is 11.8 Å². The van der Waals surface area contributed by atoms with Crippen LogP contribution < -0.4 is 15.8 Å². The number of hydrogen-bond donors (Lipinski definition) is 1. The molecule has 3 heterocycles. The molecule has 1 aliphatic rings. The maximum absolute atomic E-state index is 14.6. The number of aromatic nitrogens is 2. The SMILES string of the molecule is CCOC(=O)c1nn(-c2ccccc2F)c(=O)c2c(NC(=O)C3CC(=O)N(c4ccccc4)C3)scc12. The van der Waals surface area contributed by atoms with E-state index in [1.54, 1.807) is 24.0 Å². The Morgan fingerprint density at radius 2 is 1.86 bits per heavy atom. The van der Waals surface area contributed by atoms with E-state index in [4.69, 9.17) is 4.74 Å². The van der Waals surface area contributed by atoms with Crippen molar-refractivity contribution in [1.29, 1.82) is 0 Å². The first-order valence-electron chi connectivity index (χ1n) is 11.5. The summed E-state index contributed by atoms with van der Waals surface area (Å²) in [5.41, 5.74) is -0.341. The summed E-state index contributed by atoms with van der Waals surface area (Å²) in [6.07, 6.45) is 0.0130. The van der Waals surface area contributed by atoms with Crippen LogP contribution in [0.1, 0.15) is 23.8 Å². The minimum atomic E-state index is -0.784. The van der Waals surface area contributed by atoms with Gasteiger partial charge >= 0.3 is 5.97 Å². The molecule has 37 heavy (non-hydrogen) atoms. The number of halogens is 1. The van der Waals surface area contributed by atoms with Gasteiger partial charge in [-0.25, -0.2) is 9.18 Å². The monoisotopic (exact) mass is 520 g/mol. The number of benzene rings is 2. The number of carbonyl (C=O) groups excluding carboxylic acids is 3. The average Bonchev–Trinajstić information content (AvgIpc) is 3.50. The predicted octanol–water partition coefficient (Wildman–Crippen LogP) is 3.75. The number of nitrogens with zero attached hydrogens (tertiary/aromatic N) is 3. The van der Waals surface area contributed by atoms with Crippen molar-refractivity contribution in [3.05, 3.63) is 81.8 Å². The van der Waals surface area contributed by atoms with Gasteiger partial charge in [0.15, 0.2) is 5.69 Å². The lowest BCUT2D eigenvalue weighted by molar-refractivity contribution is -0.122. The number of nitrogens with one attached hydrogen (secondary N) is 1. The van der Waals surface area contributed by atoms with Crippen molar-refractivity contribution in [2.75, 3.05) is 23.4 Å². The van der Waals surface area contributed by atoms with Gasteiger partial charge in [-0.2, -0.15) is 9.78 Å². The molecule has 1 N–H and O–H groups in total. The molecule has 2 aromatic heterocycles. The Morgan fingerprint density at radius 1 is 1.14 bits per heavy atom. The highest BCUT2D eigenvalue weighted by Crippen LogP contribution is 2.32. The van der Waals surface area contributed by atoms with Crippen LogP contribution in [0.3, 0.4) is 0 Å². The molecule has 11 heteroatoms. The summed E-state index contributed by atoms with van der Waals surface area (Å²) in [6.45, 7) is 1.89. The van der Waals surface area contributed by atoms with Crippen molar-refractivity contribution in [3.63, 3.8) is 0 Å². The van der Waals surface area contributed by atoms with Crippen LogP contribution in [0, 0.1) is 11.7 Å². The van der Waals surface area contributed by atoms with Crippen molar-refractivity contribution in [2.24, 2.45) is 5.92 Å². The Hall–Kier alpha value is -4.38. The van der Waals surface area contributed by atoms with E-state index < -0.39 is 29.2 Å². The number of carbonyl (C=O) groups is 3. The molecule has 2 aromatic carbocycles. The molecule has 2 amide bonds. The lowest BCUT2D eigenvalue weighted by Crippen LogP contribution is -2.29. The fourth-order valence-electron chi connectivity index (χ4n) is 4.23. The van der Waals surface area contributed by atoms with Crippen LogP contribution in [-0.2, 0) is 14.3 Å². The first-order valence-corrected chi connectivity index (χ1v) is 12.4. The van der Waals surface area contributed by atoms with Crippen molar-refractivity contribution in [3.8, 4) is 5.69 Å². The Labute approximate surface area is 214 Å². The fraction of sp³-hybridized carbons (Fsp3) is 0.192. The van der Waals surface area contributed by atoms with Crippen molar-refractivity contribution >= 4 is 50.6 Å². The zero-order valence-corrected chi connectivity index (χ0v) is 20.5. The van der Waals surface area contributed by atoms with E-state index in [0.717, 1.165) is 16.0 Å². The third-order valence-corrected chi connectivity index (χ3v) is 6.90. The molecule has 0 aliphatic carbocycles. The summed E-state index contributed by atoms with van der Waals surface area (Å²) in [5, 5.41) is 8.74. The van der Waals surface area contributed by atoms with Gasteiger partial charge < -0.3 is 15.0 Å². The lowest BCUT2D eigenvalue weighted by atomic mass is 10.1. The van der Waals surface area contributed by atoms with Gasteiger partial charge in [-0.15, -0.1) is 11.3 Å². The Bertz CT molecular complexity index is 1580. The number of fused-ring (bicyclic) bond motifs is 1. The van der Waals surface area contributed by atoms with Gasteiger partial charge in [-0.1, -0.05) is 30.3 Å². The molecule has 1 atom stereocenters. The second-order valence-corrected chi connectivity index (χ2v) is 9.20. The number of ether oxygens (including phenoxy) is 1. The van der Waals surface area contributed by atoms with Crippen LogP contribution in [0.15, 0.2) is 64.8 Å². The van der Waals surface area contributed by atoms with E-state index in [0.29, 0.717) is 5.69 Å². The highest BCUT2D eigenvalue weighted by atomic mass is 32.1. The van der Waals surface area contributed by atoms with E-state index in [2.05, 4.69) is 10.4 Å². The minimum absolute atomic E-state index is 0.00361. The van der Waals surface area contributed by atoms with Crippen molar-refractivity contribution < 1.29 is 23.5 Å². The van der Waals surface area contributed by atoms with Crippen molar-refractivity contribution in [1.82, 2.24) is 9.78 Å². The molecule has 0 saturated carbocycles. The van der Waals surface area contributed by atoms with E-state index in [-0.39, 0.29) is 52.6 Å².